The van der Waals surface area contributed by atoms with E-state index < -0.39 is 5.41 Å². The first kappa shape index (κ1) is 14.6. The van der Waals surface area contributed by atoms with Crippen LogP contribution in [0.5, 0.6) is 5.88 Å². The lowest BCUT2D eigenvalue weighted by molar-refractivity contribution is -0.128. The number of carbonyl (C=O) groups is 1. The summed E-state index contributed by atoms with van der Waals surface area (Å²) in [6, 6.07) is 1.30. The molecule has 0 saturated heterocycles. The van der Waals surface area contributed by atoms with Crippen molar-refractivity contribution in [3.8, 4) is 5.88 Å². The number of halogens is 1. The molecule has 18 heavy (non-hydrogen) atoms. The second-order valence-electron chi connectivity index (χ2n) is 4.93. The predicted octanol–water partition coefficient (Wildman–Crippen LogP) is 1.70. The fraction of sp³-hybridized carbons (Fsp3) is 0.500. The number of rotatable bonds is 3. The van der Waals surface area contributed by atoms with E-state index in [2.05, 4.69) is 10.3 Å². The van der Waals surface area contributed by atoms with Gasteiger partial charge < -0.3 is 15.0 Å². The SMILES string of the molecule is COc1cc(=O)c(CNC(=O)C(C)(C)C)c(Cl)[nH]1. The summed E-state index contributed by atoms with van der Waals surface area (Å²) in [5.41, 5.74) is -0.467. The molecule has 1 rings (SSSR count). The molecule has 0 fully saturated rings. The summed E-state index contributed by atoms with van der Waals surface area (Å²) >= 11 is 5.92. The molecule has 0 aliphatic rings. The van der Waals surface area contributed by atoms with Crippen LogP contribution in [0, 0.1) is 5.41 Å². The molecule has 0 atom stereocenters. The Hall–Kier alpha value is -1.49. The van der Waals surface area contributed by atoms with Gasteiger partial charge in [-0.3, -0.25) is 9.59 Å². The summed E-state index contributed by atoms with van der Waals surface area (Å²) in [5.74, 6) is 0.143. The minimum absolute atomic E-state index is 0.0915. The third kappa shape index (κ3) is 3.50. The summed E-state index contributed by atoms with van der Waals surface area (Å²) in [4.78, 5) is 26.2. The van der Waals surface area contributed by atoms with Crippen LogP contribution in [0.4, 0.5) is 0 Å². The van der Waals surface area contributed by atoms with Gasteiger partial charge in [-0.15, -0.1) is 0 Å². The molecule has 0 aromatic carbocycles. The van der Waals surface area contributed by atoms with Crippen LogP contribution >= 0.6 is 11.6 Å². The van der Waals surface area contributed by atoms with Crippen LogP contribution in [0.2, 0.25) is 5.15 Å². The maximum Gasteiger partial charge on any atom is 0.225 e. The number of aromatic amines is 1. The van der Waals surface area contributed by atoms with Gasteiger partial charge in [0.05, 0.1) is 12.7 Å². The Morgan fingerprint density at radius 3 is 2.56 bits per heavy atom. The Labute approximate surface area is 110 Å². The molecule has 0 spiro atoms. The van der Waals surface area contributed by atoms with E-state index in [1.165, 1.54) is 13.2 Å². The minimum Gasteiger partial charge on any atom is -0.482 e. The average molecular weight is 273 g/mol. The van der Waals surface area contributed by atoms with Crippen molar-refractivity contribution in [2.45, 2.75) is 27.3 Å². The first-order chi connectivity index (χ1) is 8.25. The van der Waals surface area contributed by atoms with Crippen molar-refractivity contribution in [1.82, 2.24) is 10.3 Å². The van der Waals surface area contributed by atoms with Crippen molar-refractivity contribution >= 4 is 17.5 Å². The average Bonchev–Trinajstić information content (AvgIpc) is 2.25. The van der Waals surface area contributed by atoms with Gasteiger partial charge in [0, 0.05) is 18.0 Å². The van der Waals surface area contributed by atoms with E-state index in [0.717, 1.165) is 0 Å². The highest BCUT2D eigenvalue weighted by atomic mass is 35.5. The van der Waals surface area contributed by atoms with Gasteiger partial charge in [-0.25, -0.2) is 0 Å². The summed E-state index contributed by atoms with van der Waals surface area (Å²) in [5, 5.41) is 2.85. The number of carbonyl (C=O) groups excluding carboxylic acids is 1. The van der Waals surface area contributed by atoms with Crippen LogP contribution in [0.1, 0.15) is 26.3 Å². The largest absolute Gasteiger partial charge is 0.482 e. The van der Waals surface area contributed by atoms with Crippen molar-refractivity contribution in [3.63, 3.8) is 0 Å². The molecule has 0 aliphatic heterocycles. The number of hydrogen-bond acceptors (Lipinski definition) is 3. The van der Waals surface area contributed by atoms with Gasteiger partial charge in [-0.2, -0.15) is 0 Å². The van der Waals surface area contributed by atoms with Gasteiger partial charge in [-0.1, -0.05) is 32.4 Å². The van der Waals surface area contributed by atoms with E-state index in [-0.39, 0.29) is 28.9 Å². The van der Waals surface area contributed by atoms with Crippen molar-refractivity contribution in [2.24, 2.45) is 5.41 Å². The summed E-state index contributed by atoms with van der Waals surface area (Å²) in [6.45, 7) is 5.47. The van der Waals surface area contributed by atoms with Crippen LogP contribution in [0.3, 0.4) is 0 Å². The van der Waals surface area contributed by atoms with E-state index in [0.29, 0.717) is 5.56 Å². The standard InChI is InChI=1S/C12H17ClN2O3/c1-12(2,3)11(17)14-6-7-8(16)5-9(18-4)15-10(7)13/h5H,6H2,1-4H3,(H,14,17)(H,15,16). The van der Waals surface area contributed by atoms with Crippen LogP contribution < -0.4 is 15.5 Å². The lowest BCUT2D eigenvalue weighted by Crippen LogP contribution is -2.35. The fourth-order valence-electron chi connectivity index (χ4n) is 1.24. The van der Waals surface area contributed by atoms with E-state index in [1.807, 2.05) is 0 Å². The Balaban J connectivity index is 2.87. The van der Waals surface area contributed by atoms with Crippen molar-refractivity contribution in [1.29, 1.82) is 0 Å². The zero-order chi connectivity index (χ0) is 13.9. The minimum atomic E-state index is -0.508. The van der Waals surface area contributed by atoms with E-state index in [9.17, 15) is 9.59 Å². The molecule has 1 heterocycles. The van der Waals surface area contributed by atoms with Gasteiger partial charge >= 0.3 is 0 Å². The monoisotopic (exact) mass is 272 g/mol. The molecular formula is C12H17ClN2O3. The van der Waals surface area contributed by atoms with Crippen LogP contribution in [-0.4, -0.2) is 18.0 Å². The number of hydrogen-bond donors (Lipinski definition) is 2. The number of nitrogens with one attached hydrogen (secondary N) is 2. The third-order valence-electron chi connectivity index (χ3n) is 2.38. The highest BCUT2D eigenvalue weighted by Crippen LogP contribution is 2.15. The molecular weight excluding hydrogens is 256 g/mol. The summed E-state index contributed by atoms with van der Waals surface area (Å²) in [6.07, 6.45) is 0. The smallest absolute Gasteiger partial charge is 0.225 e. The summed E-state index contributed by atoms with van der Waals surface area (Å²) in [7, 11) is 1.43. The number of H-pyrrole nitrogens is 1. The maximum absolute atomic E-state index is 11.7. The lowest BCUT2D eigenvalue weighted by Gasteiger charge is -2.17. The van der Waals surface area contributed by atoms with Crippen LogP contribution in [0.15, 0.2) is 10.9 Å². The fourth-order valence-corrected chi connectivity index (χ4v) is 1.50. The van der Waals surface area contributed by atoms with E-state index in [4.69, 9.17) is 16.3 Å². The number of aromatic nitrogens is 1. The zero-order valence-electron chi connectivity index (χ0n) is 10.9. The van der Waals surface area contributed by atoms with Crippen molar-refractivity contribution < 1.29 is 9.53 Å². The molecule has 1 amide bonds. The second kappa shape index (κ2) is 5.44. The molecule has 6 heteroatoms. The molecule has 1 aromatic rings. The third-order valence-corrected chi connectivity index (χ3v) is 2.71. The van der Waals surface area contributed by atoms with Gasteiger partial charge in [0.25, 0.3) is 0 Å². The van der Waals surface area contributed by atoms with Crippen LogP contribution in [0.25, 0.3) is 0 Å². The van der Waals surface area contributed by atoms with E-state index in [1.54, 1.807) is 20.8 Å². The number of amides is 1. The number of pyridine rings is 1. The molecule has 0 aliphatic carbocycles. The van der Waals surface area contributed by atoms with Gasteiger partial charge in [-0.05, 0) is 0 Å². The number of ether oxygens (including phenoxy) is 1. The molecule has 0 radical (unpaired) electrons. The first-order valence-electron chi connectivity index (χ1n) is 5.49. The zero-order valence-corrected chi connectivity index (χ0v) is 11.6. The molecule has 5 nitrogen and oxygen atoms in total. The van der Waals surface area contributed by atoms with Gasteiger partial charge in [0.1, 0.15) is 5.15 Å². The van der Waals surface area contributed by atoms with Crippen molar-refractivity contribution in [3.05, 3.63) is 27.0 Å². The van der Waals surface area contributed by atoms with Crippen LogP contribution in [-0.2, 0) is 11.3 Å². The highest BCUT2D eigenvalue weighted by Gasteiger charge is 2.21. The highest BCUT2D eigenvalue weighted by molar-refractivity contribution is 6.30. The van der Waals surface area contributed by atoms with Gasteiger partial charge in [0.2, 0.25) is 5.91 Å². The number of methoxy groups -OCH3 is 1. The summed E-state index contributed by atoms with van der Waals surface area (Å²) < 4.78 is 4.88. The molecule has 0 saturated carbocycles. The Bertz CT molecular complexity index is 503. The van der Waals surface area contributed by atoms with Crippen molar-refractivity contribution in [2.75, 3.05) is 7.11 Å². The molecule has 0 bridgehead atoms. The lowest BCUT2D eigenvalue weighted by atomic mass is 9.95. The topological polar surface area (TPSA) is 71.2 Å². The normalized spacial score (nSPS) is 11.2. The molecule has 2 N–H and O–H groups in total. The molecule has 1 aromatic heterocycles. The Kier molecular flexibility index (Phi) is 4.40. The molecule has 0 unspecified atom stereocenters. The first-order valence-corrected chi connectivity index (χ1v) is 5.87. The quantitative estimate of drug-likeness (QED) is 0.823. The second-order valence-corrected chi connectivity index (χ2v) is 5.31. The maximum atomic E-state index is 11.7. The van der Waals surface area contributed by atoms with E-state index >= 15 is 0 Å². The predicted molar refractivity (Wildman–Crippen MR) is 69.9 cm³/mol. The molecule has 100 valence electrons. The Morgan fingerprint density at radius 1 is 1.50 bits per heavy atom. The Morgan fingerprint density at radius 2 is 2.11 bits per heavy atom. The van der Waals surface area contributed by atoms with Gasteiger partial charge in [0.15, 0.2) is 11.3 Å².